The number of hydrogen-bond acceptors (Lipinski definition) is 5. The molecule has 1 amide bonds. The molecule has 2 aliphatic heterocycles. The molecule has 2 fully saturated rings. The number of carbonyl (C=O) groups is 2. The van der Waals surface area contributed by atoms with Crippen molar-refractivity contribution in [2.45, 2.75) is 30.8 Å². The Hall–Kier alpha value is -2.70. The molecule has 2 aromatic rings. The number of nitrogens with zero attached hydrogens (tertiary/aromatic N) is 2. The second-order valence-corrected chi connectivity index (χ2v) is 7.93. The van der Waals surface area contributed by atoms with Crippen LogP contribution in [0.3, 0.4) is 0 Å². The van der Waals surface area contributed by atoms with E-state index in [1.165, 1.54) is 0 Å². The van der Waals surface area contributed by atoms with Crippen molar-refractivity contribution in [1.82, 2.24) is 10.2 Å². The summed E-state index contributed by atoms with van der Waals surface area (Å²) in [7, 11) is 0. The van der Waals surface area contributed by atoms with Gasteiger partial charge in [-0.25, -0.2) is 0 Å². The van der Waals surface area contributed by atoms with Crippen LogP contribution >= 0.6 is 0 Å². The highest BCUT2D eigenvalue weighted by Gasteiger charge is 2.50. The molecule has 0 aliphatic carbocycles. The zero-order chi connectivity index (χ0) is 20.3. The lowest BCUT2D eigenvalue weighted by atomic mass is 9.85. The minimum absolute atomic E-state index is 0.00972. The number of amides is 1. The molecule has 2 heterocycles. The molecule has 2 aliphatic rings. The lowest BCUT2D eigenvalue weighted by Gasteiger charge is -2.43. The second kappa shape index (κ2) is 8.35. The van der Waals surface area contributed by atoms with Crippen molar-refractivity contribution in [3.05, 3.63) is 66.2 Å². The Balaban J connectivity index is 1.34. The van der Waals surface area contributed by atoms with Gasteiger partial charge < -0.3 is 20.9 Å². The van der Waals surface area contributed by atoms with E-state index in [-0.39, 0.29) is 11.7 Å². The summed E-state index contributed by atoms with van der Waals surface area (Å²) in [6.45, 7) is 2.97. The van der Waals surface area contributed by atoms with Crippen molar-refractivity contribution >= 4 is 17.4 Å². The van der Waals surface area contributed by atoms with Gasteiger partial charge >= 0.3 is 0 Å². The van der Waals surface area contributed by atoms with E-state index in [0.717, 1.165) is 38.2 Å². The molecular formula is C23H28N4O2. The van der Waals surface area contributed by atoms with E-state index in [4.69, 9.17) is 5.73 Å². The van der Waals surface area contributed by atoms with Crippen LogP contribution in [0.15, 0.2) is 60.7 Å². The largest absolute Gasteiger partial charge is 0.339 e. The van der Waals surface area contributed by atoms with Gasteiger partial charge in [0.1, 0.15) is 5.54 Å². The van der Waals surface area contributed by atoms with Gasteiger partial charge in [-0.3, -0.25) is 9.59 Å². The fourth-order valence-electron chi connectivity index (χ4n) is 4.45. The average Bonchev–Trinajstić information content (AvgIpc) is 3.09. The number of nitrogens with two attached hydrogens (primary N) is 1. The SMILES string of the molecule is NC(CCN1CCC2(CC1)C(=O)NCN2c1ccccc1)C(=O)c1ccccc1. The van der Waals surface area contributed by atoms with Crippen LogP contribution in [0, 0.1) is 0 Å². The number of hydrogen-bond donors (Lipinski definition) is 2. The third-order valence-corrected chi connectivity index (χ3v) is 6.24. The highest BCUT2D eigenvalue weighted by Crippen LogP contribution is 2.36. The van der Waals surface area contributed by atoms with Gasteiger partial charge in [0, 0.05) is 30.9 Å². The molecule has 0 saturated carbocycles. The topological polar surface area (TPSA) is 78.7 Å². The van der Waals surface area contributed by atoms with Crippen LogP contribution < -0.4 is 16.0 Å². The maximum Gasteiger partial charge on any atom is 0.247 e. The van der Waals surface area contributed by atoms with E-state index in [1.807, 2.05) is 48.5 Å². The summed E-state index contributed by atoms with van der Waals surface area (Å²) in [6.07, 6.45) is 2.17. The summed E-state index contributed by atoms with van der Waals surface area (Å²) < 4.78 is 0. The first-order valence-electron chi connectivity index (χ1n) is 10.3. The molecule has 1 atom stereocenters. The van der Waals surface area contributed by atoms with E-state index >= 15 is 0 Å². The zero-order valence-corrected chi connectivity index (χ0v) is 16.6. The summed E-state index contributed by atoms with van der Waals surface area (Å²) in [4.78, 5) is 29.7. The Labute approximate surface area is 171 Å². The molecule has 6 nitrogen and oxygen atoms in total. The number of piperidine rings is 1. The number of anilines is 1. The molecule has 2 saturated heterocycles. The van der Waals surface area contributed by atoms with Crippen molar-refractivity contribution in [3.63, 3.8) is 0 Å². The third-order valence-electron chi connectivity index (χ3n) is 6.24. The number of carbonyl (C=O) groups excluding carboxylic acids is 2. The maximum atomic E-state index is 12.7. The number of para-hydroxylation sites is 1. The van der Waals surface area contributed by atoms with E-state index < -0.39 is 11.6 Å². The quantitative estimate of drug-likeness (QED) is 0.736. The average molecular weight is 393 g/mol. The molecule has 2 aromatic carbocycles. The van der Waals surface area contributed by atoms with Crippen LogP contribution in [-0.2, 0) is 4.79 Å². The minimum Gasteiger partial charge on any atom is -0.339 e. The highest BCUT2D eigenvalue weighted by atomic mass is 16.2. The maximum absolute atomic E-state index is 12.7. The van der Waals surface area contributed by atoms with E-state index in [0.29, 0.717) is 18.7 Å². The second-order valence-electron chi connectivity index (χ2n) is 7.93. The Kier molecular flexibility index (Phi) is 5.65. The fourth-order valence-corrected chi connectivity index (χ4v) is 4.45. The Morgan fingerprint density at radius 3 is 2.31 bits per heavy atom. The van der Waals surface area contributed by atoms with Gasteiger partial charge in [0.25, 0.3) is 0 Å². The summed E-state index contributed by atoms with van der Waals surface area (Å²) in [5, 5.41) is 3.03. The fraction of sp³-hybridized carbons (Fsp3) is 0.391. The van der Waals surface area contributed by atoms with Crippen LogP contribution in [0.25, 0.3) is 0 Å². The van der Waals surface area contributed by atoms with Crippen molar-refractivity contribution in [2.24, 2.45) is 5.73 Å². The number of rotatable bonds is 6. The van der Waals surface area contributed by atoms with Gasteiger partial charge in [-0.1, -0.05) is 48.5 Å². The van der Waals surface area contributed by atoms with Gasteiger partial charge in [-0.05, 0) is 31.4 Å². The first-order chi connectivity index (χ1) is 14.1. The van der Waals surface area contributed by atoms with E-state index in [9.17, 15) is 9.59 Å². The minimum atomic E-state index is -0.496. The van der Waals surface area contributed by atoms with Crippen LogP contribution in [0.4, 0.5) is 5.69 Å². The first-order valence-corrected chi connectivity index (χ1v) is 10.3. The van der Waals surface area contributed by atoms with E-state index in [2.05, 4.69) is 27.2 Å². The molecule has 6 heteroatoms. The van der Waals surface area contributed by atoms with Gasteiger partial charge in [0.2, 0.25) is 5.91 Å². The zero-order valence-electron chi connectivity index (χ0n) is 16.6. The number of nitrogens with one attached hydrogen (secondary N) is 1. The highest BCUT2D eigenvalue weighted by molar-refractivity contribution is 5.99. The number of benzene rings is 2. The van der Waals surface area contributed by atoms with Crippen LogP contribution in [0.1, 0.15) is 29.6 Å². The summed E-state index contributed by atoms with van der Waals surface area (Å²) in [6, 6.07) is 18.8. The summed E-state index contributed by atoms with van der Waals surface area (Å²) >= 11 is 0. The molecule has 0 bridgehead atoms. The third kappa shape index (κ3) is 3.91. The van der Waals surface area contributed by atoms with Crippen molar-refractivity contribution in [2.75, 3.05) is 31.2 Å². The van der Waals surface area contributed by atoms with Crippen LogP contribution in [-0.4, -0.2) is 54.5 Å². The monoisotopic (exact) mass is 392 g/mol. The molecular weight excluding hydrogens is 364 g/mol. The molecule has 1 spiro atoms. The molecule has 1 unspecified atom stereocenters. The molecule has 152 valence electrons. The van der Waals surface area contributed by atoms with E-state index in [1.54, 1.807) is 0 Å². The molecule has 0 aromatic heterocycles. The molecule has 4 rings (SSSR count). The molecule has 0 radical (unpaired) electrons. The number of likely N-dealkylation sites (tertiary alicyclic amines) is 1. The Bertz CT molecular complexity index is 848. The lowest BCUT2D eigenvalue weighted by molar-refractivity contribution is -0.125. The van der Waals surface area contributed by atoms with Gasteiger partial charge in [-0.15, -0.1) is 0 Å². The lowest BCUT2D eigenvalue weighted by Crippen LogP contribution is -2.56. The van der Waals surface area contributed by atoms with Crippen LogP contribution in [0.2, 0.25) is 0 Å². The molecule has 29 heavy (non-hydrogen) atoms. The Morgan fingerprint density at radius 2 is 1.66 bits per heavy atom. The summed E-state index contributed by atoms with van der Waals surface area (Å²) in [5.74, 6) is 0.112. The normalized spacial score (nSPS) is 19.9. The van der Waals surface area contributed by atoms with Gasteiger partial charge in [0.15, 0.2) is 5.78 Å². The summed E-state index contributed by atoms with van der Waals surface area (Å²) in [5.41, 5.74) is 7.43. The smallest absolute Gasteiger partial charge is 0.247 e. The predicted molar refractivity (Wildman–Crippen MR) is 114 cm³/mol. The van der Waals surface area contributed by atoms with Crippen molar-refractivity contribution in [3.8, 4) is 0 Å². The Morgan fingerprint density at radius 1 is 1.03 bits per heavy atom. The van der Waals surface area contributed by atoms with Crippen LogP contribution in [0.5, 0.6) is 0 Å². The predicted octanol–water partition coefficient (Wildman–Crippen LogP) is 2.02. The number of ketones is 1. The molecule has 3 N–H and O–H groups in total. The van der Waals surface area contributed by atoms with Crippen molar-refractivity contribution in [1.29, 1.82) is 0 Å². The first kappa shape index (κ1) is 19.6. The number of Topliss-reactive ketones (excluding diaryl/α,β-unsaturated/α-hetero) is 1. The van der Waals surface area contributed by atoms with Gasteiger partial charge in [-0.2, -0.15) is 0 Å². The van der Waals surface area contributed by atoms with Gasteiger partial charge in [0.05, 0.1) is 12.7 Å². The standard InChI is InChI=1S/C23H28N4O2/c24-20(21(28)18-7-3-1-4-8-18)11-14-26-15-12-23(13-16-26)22(29)25-17-27(23)19-9-5-2-6-10-19/h1-10,20H,11-17,24H2,(H,25,29). The van der Waals surface area contributed by atoms with Crippen molar-refractivity contribution < 1.29 is 9.59 Å².